The number of hydrogen-bond donors (Lipinski definition) is 2. The number of benzene rings is 1. The SMILES string of the molecule is C[NH+]1CCN(N=Cc2[nH]c(-c3ccccc3)[n+]3ccccc23)CC1. The van der Waals surface area contributed by atoms with E-state index in [4.69, 9.17) is 5.10 Å². The van der Waals surface area contributed by atoms with Crippen LogP contribution in [0.2, 0.25) is 0 Å². The van der Waals surface area contributed by atoms with E-state index in [1.807, 2.05) is 12.3 Å². The lowest BCUT2D eigenvalue weighted by Gasteiger charge is -2.27. The van der Waals surface area contributed by atoms with Gasteiger partial charge in [0.2, 0.25) is 0 Å². The Labute approximate surface area is 141 Å². The minimum absolute atomic E-state index is 1.01. The highest BCUT2D eigenvalue weighted by Crippen LogP contribution is 2.16. The Balaban J connectivity index is 1.69. The van der Waals surface area contributed by atoms with Crippen LogP contribution in [-0.4, -0.2) is 49.4 Å². The van der Waals surface area contributed by atoms with E-state index in [1.54, 1.807) is 4.90 Å². The number of pyridine rings is 1. The lowest BCUT2D eigenvalue weighted by atomic mass is 10.2. The molecule has 3 heterocycles. The molecule has 4 rings (SSSR count). The van der Waals surface area contributed by atoms with Crippen LogP contribution in [0.3, 0.4) is 0 Å². The van der Waals surface area contributed by atoms with Gasteiger partial charge in [0.25, 0.3) is 5.82 Å². The highest BCUT2D eigenvalue weighted by Gasteiger charge is 2.19. The topological polar surface area (TPSA) is 39.9 Å². The Bertz CT molecular complexity index is 845. The van der Waals surface area contributed by atoms with Gasteiger partial charge in [-0.25, -0.2) is 4.98 Å². The van der Waals surface area contributed by atoms with E-state index in [1.165, 1.54) is 5.56 Å². The number of fused-ring (bicyclic) bond motifs is 1. The van der Waals surface area contributed by atoms with Crippen LogP contribution < -0.4 is 9.30 Å². The van der Waals surface area contributed by atoms with Crippen molar-refractivity contribution in [3.05, 3.63) is 60.4 Å². The minimum atomic E-state index is 1.01. The summed E-state index contributed by atoms with van der Waals surface area (Å²) in [7, 11) is 2.24. The molecule has 0 bridgehead atoms. The molecule has 122 valence electrons. The van der Waals surface area contributed by atoms with E-state index >= 15 is 0 Å². The Kier molecular flexibility index (Phi) is 4.01. The lowest BCUT2D eigenvalue weighted by Crippen LogP contribution is -3.11. The summed E-state index contributed by atoms with van der Waals surface area (Å²) in [6.07, 6.45) is 4.05. The van der Waals surface area contributed by atoms with Crippen molar-refractivity contribution in [2.75, 3.05) is 33.2 Å². The molecule has 1 saturated heterocycles. The van der Waals surface area contributed by atoms with Crippen LogP contribution in [0.15, 0.2) is 59.8 Å². The Hall–Kier alpha value is -2.66. The fourth-order valence-electron chi connectivity index (χ4n) is 3.15. The van der Waals surface area contributed by atoms with Gasteiger partial charge in [-0.2, -0.15) is 9.50 Å². The monoisotopic (exact) mass is 321 g/mol. The molecule has 0 aliphatic carbocycles. The van der Waals surface area contributed by atoms with E-state index in [0.29, 0.717) is 0 Å². The largest absolute Gasteiger partial charge is 0.334 e. The number of piperazine rings is 1. The molecular weight excluding hydrogens is 298 g/mol. The predicted octanol–water partition coefficient (Wildman–Crippen LogP) is 0.585. The summed E-state index contributed by atoms with van der Waals surface area (Å²) in [5, 5.41) is 6.86. The average molecular weight is 321 g/mol. The first-order chi connectivity index (χ1) is 11.8. The molecule has 0 unspecified atom stereocenters. The van der Waals surface area contributed by atoms with E-state index in [9.17, 15) is 0 Å². The van der Waals surface area contributed by atoms with Crippen LogP contribution in [-0.2, 0) is 0 Å². The van der Waals surface area contributed by atoms with Gasteiger partial charge in [0.1, 0.15) is 0 Å². The van der Waals surface area contributed by atoms with Gasteiger partial charge in [0.15, 0.2) is 11.2 Å². The molecule has 2 N–H and O–H groups in total. The van der Waals surface area contributed by atoms with Gasteiger partial charge in [0.05, 0.1) is 51.2 Å². The summed E-state index contributed by atoms with van der Waals surface area (Å²) in [6, 6.07) is 16.6. The predicted molar refractivity (Wildman–Crippen MR) is 95.2 cm³/mol. The number of nitrogens with one attached hydrogen (secondary N) is 2. The molecule has 0 amide bonds. The number of hydrazone groups is 1. The Morgan fingerprint density at radius 3 is 2.62 bits per heavy atom. The van der Waals surface area contributed by atoms with Crippen LogP contribution in [0.4, 0.5) is 0 Å². The molecule has 5 nitrogen and oxygen atoms in total. The first kappa shape index (κ1) is 14.9. The van der Waals surface area contributed by atoms with Crippen LogP contribution in [0.25, 0.3) is 16.9 Å². The number of hydrogen-bond acceptors (Lipinski definition) is 2. The van der Waals surface area contributed by atoms with Crippen LogP contribution in [0, 0.1) is 0 Å². The fourth-order valence-corrected chi connectivity index (χ4v) is 3.15. The Morgan fingerprint density at radius 2 is 1.83 bits per heavy atom. The number of likely N-dealkylation sites (N-methyl/N-ethyl adjacent to an activating group) is 1. The first-order valence-corrected chi connectivity index (χ1v) is 8.49. The van der Waals surface area contributed by atoms with Gasteiger partial charge in [-0.1, -0.05) is 24.3 Å². The molecule has 0 saturated carbocycles. The van der Waals surface area contributed by atoms with Crippen molar-refractivity contribution in [3.8, 4) is 11.4 Å². The van der Waals surface area contributed by atoms with Crippen molar-refractivity contribution < 1.29 is 9.30 Å². The quantitative estimate of drug-likeness (QED) is 0.538. The van der Waals surface area contributed by atoms with Gasteiger partial charge in [-0.05, 0) is 24.3 Å². The van der Waals surface area contributed by atoms with E-state index in [-0.39, 0.29) is 0 Å². The molecule has 0 atom stereocenters. The number of rotatable bonds is 3. The normalized spacial score (nSPS) is 16.3. The molecule has 1 aromatic carbocycles. The number of aromatic nitrogens is 2. The third kappa shape index (κ3) is 2.90. The summed E-state index contributed by atoms with van der Waals surface area (Å²) in [5.74, 6) is 1.08. The van der Waals surface area contributed by atoms with Crippen molar-refractivity contribution in [1.29, 1.82) is 0 Å². The maximum Gasteiger partial charge on any atom is 0.292 e. The zero-order valence-electron chi connectivity index (χ0n) is 13.9. The van der Waals surface area contributed by atoms with Crippen molar-refractivity contribution in [2.45, 2.75) is 0 Å². The Morgan fingerprint density at radius 1 is 1.08 bits per heavy atom. The van der Waals surface area contributed by atoms with E-state index in [0.717, 1.165) is 43.2 Å². The van der Waals surface area contributed by atoms with E-state index < -0.39 is 0 Å². The standard InChI is InChI=1S/C19H21N5/c1-22-11-13-23(14-12-22)20-15-17-18-9-5-6-10-24(18)19(21-17)16-7-3-2-4-8-16/h2-10,15H,11-14H2,1H3/p+2. The number of nitrogens with zero attached hydrogens (tertiary/aromatic N) is 3. The second-order valence-electron chi connectivity index (χ2n) is 6.36. The maximum absolute atomic E-state index is 4.70. The number of H-pyrrole nitrogens is 1. The third-order valence-corrected chi connectivity index (χ3v) is 4.62. The number of imidazole rings is 1. The van der Waals surface area contributed by atoms with Gasteiger partial charge < -0.3 is 4.90 Å². The van der Waals surface area contributed by atoms with Gasteiger partial charge in [-0.15, -0.1) is 0 Å². The summed E-state index contributed by atoms with van der Waals surface area (Å²) >= 11 is 0. The van der Waals surface area contributed by atoms with Crippen molar-refractivity contribution >= 4 is 11.7 Å². The van der Waals surface area contributed by atoms with Gasteiger partial charge in [0, 0.05) is 0 Å². The minimum Gasteiger partial charge on any atom is -0.334 e. The lowest BCUT2D eigenvalue weighted by molar-refractivity contribution is -0.884. The molecule has 5 heteroatoms. The maximum atomic E-state index is 4.70. The summed E-state index contributed by atoms with van der Waals surface area (Å²) in [6.45, 7) is 4.32. The van der Waals surface area contributed by atoms with Crippen molar-refractivity contribution in [3.63, 3.8) is 0 Å². The van der Waals surface area contributed by atoms with Crippen molar-refractivity contribution in [1.82, 2.24) is 9.99 Å². The zero-order chi connectivity index (χ0) is 16.4. The highest BCUT2D eigenvalue weighted by molar-refractivity contribution is 5.86. The van der Waals surface area contributed by atoms with Crippen LogP contribution in [0.1, 0.15) is 5.69 Å². The smallest absolute Gasteiger partial charge is 0.292 e. The van der Waals surface area contributed by atoms with Crippen LogP contribution in [0.5, 0.6) is 0 Å². The van der Waals surface area contributed by atoms with Crippen LogP contribution >= 0.6 is 0 Å². The fraction of sp³-hybridized carbons (Fsp3) is 0.263. The van der Waals surface area contributed by atoms with Gasteiger partial charge >= 0.3 is 0 Å². The molecule has 1 aliphatic heterocycles. The molecule has 1 aliphatic rings. The zero-order valence-corrected chi connectivity index (χ0v) is 13.9. The average Bonchev–Trinajstić information content (AvgIpc) is 3.01. The summed E-state index contributed by atoms with van der Waals surface area (Å²) in [5.41, 5.74) is 3.35. The molecule has 0 radical (unpaired) electrons. The highest BCUT2D eigenvalue weighted by atomic mass is 15.5. The number of aromatic amines is 1. The molecule has 1 fully saturated rings. The molecule has 2 aromatic heterocycles. The van der Waals surface area contributed by atoms with Crippen molar-refractivity contribution in [2.24, 2.45) is 5.10 Å². The molecule has 24 heavy (non-hydrogen) atoms. The van der Waals surface area contributed by atoms with E-state index in [2.05, 4.69) is 70.1 Å². The summed E-state index contributed by atoms with van der Waals surface area (Å²) < 4.78 is 2.19. The molecular formula is C19H23N5+2. The second-order valence-corrected chi connectivity index (χ2v) is 6.36. The molecule has 3 aromatic rings. The second kappa shape index (κ2) is 6.45. The number of quaternary nitrogens is 1. The summed E-state index contributed by atoms with van der Waals surface area (Å²) in [4.78, 5) is 5.11. The first-order valence-electron chi connectivity index (χ1n) is 8.49. The van der Waals surface area contributed by atoms with Gasteiger partial charge in [-0.3, -0.25) is 5.01 Å². The molecule has 0 spiro atoms. The third-order valence-electron chi connectivity index (χ3n) is 4.62.